The highest BCUT2D eigenvalue weighted by Gasteiger charge is 2.27. The van der Waals surface area contributed by atoms with E-state index >= 15 is 0 Å². The Balaban J connectivity index is 1.64. The van der Waals surface area contributed by atoms with Crippen molar-refractivity contribution in [3.63, 3.8) is 0 Å². The fourth-order valence-electron chi connectivity index (χ4n) is 3.44. The van der Waals surface area contributed by atoms with Gasteiger partial charge in [0.25, 0.3) is 0 Å². The molecule has 1 heterocycles. The predicted octanol–water partition coefficient (Wildman–Crippen LogP) is 3.05. The predicted molar refractivity (Wildman–Crippen MR) is 109 cm³/mol. The Kier molecular flexibility index (Phi) is 6.25. The average molecular weight is 394 g/mol. The monoisotopic (exact) mass is 394 g/mol. The van der Waals surface area contributed by atoms with Gasteiger partial charge in [0.15, 0.2) is 5.78 Å². The summed E-state index contributed by atoms with van der Waals surface area (Å²) in [7, 11) is 0. The Morgan fingerprint density at radius 2 is 1.86 bits per heavy atom. The van der Waals surface area contributed by atoms with E-state index in [1.807, 2.05) is 11.8 Å². The lowest BCUT2D eigenvalue weighted by atomic mass is 10.1. The molecule has 1 aliphatic rings. The lowest BCUT2D eigenvalue weighted by Crippen LogP contribution is -2.53. The van der Waals surface area contributed by atoms with Crippen molar-refractivity contribution in [1.82, 2.24) is 4.90 Å². The molecule has 1 unspecified atom stereocenters. The first kappa shape index (κ1) is 20.5. The van der Waals surface area contributed by atoms with Crippen molar-refractivity contribution >= 4 is 23.1 Å². The van der Waals surface area contributed by atoms with Gasteiger partial charge in [0.1, 0.15) is 11.9 Å². The molecule has 1 aliphatic heterocycles. The summed E-state index contributed by atoms with van der Waals surface area (Å²) < 4.78 is 13.3. The number of halogens is 1. The Labute approximate surface area is 169 Å². The Morgan fingerprint density at radius 1 is 1.14 bits per heavy atom. The lowest BCUT2D eigenvalue weighted by Gasteiger charge is -2.38. The largest absolute Gasteiger partial charge is 0.368 e. The number of nitriles is 1. The van der Waals surface area contributed by atoms with E-state index in [1.54, 1.807) is 30.3 Å². The maximum absolute atomic E-state index is 13.3. The zero-order valence-electron chi connectivity index (χ0n) is 16.5. The van der Waals surface area contributed by atoms with Gasteiger partial charge in [-0.1, -0.05) is 6.07 Å². The van der Waals surface area contributed by atoms with Gasteiger partial charge in [-0.2, -0.15) is 5.26 Å². The van der Waals surface area contributed by atoms with Crippen molar-refractivity contribution in [3.8, 4) is 6.07 Å². The third-order valence-corrected chi connectivity index (χ3v) is 5.20. The molecule has 3 rings (SSSR count). The number of carbonyl (C=O) groups is 2. The number of Topliss-reactive ketones (excluding diaryl/α,β-unsaturated/α-hetero) is 1. The Hall–Kier alpha value is -3.24. The smallest absolute Gasteiger partial charge is 0.241 e. The van der Waals surface area contributed by atoms with Crippen molar-refractivity contribution in [2.45, 2.75) is 19.9 Å². The standard InChI is InChI=1S/C22H23FN4O2/c1-15(22(29)25-20-5-3-4-19(23)13-20)26-8-10-27(11-9-26)21-12-17(16(2)28)6-7-18(21)14-24/h3-7,12-13,15H,8-11H2,1-2H3,(H,25,29). The lowest BCUT2D eigenvalue weighted by molar-refractivity contribution is -0.120. The molecule has 0 aliphatic carbocycles. The number of rotatable bonds is 5. The van der Waals surface area contributed by atoms with E-state index in [4.69, 9.17) is 0 Å². The van der Waals surface area contributed by atoms with Gasteiger partial charge in [0, 0.05) is 37.4 Å². The van der Waals surface area contributed by atoms with Crippen molar-refractivity contribution in [2.24, 2.45) is 0 Å². The zero-order valence-corrected chi connectivity index (χ0v) is 16.5. The van der Waals surface area contributed by atoms with Gasteiger partial charge in [-0.3, -0.25) is 14.5 Å². The number of piperazine rings is 1. The fourth-order valence-corrected chi connectivity index (χ4v) is 3.44. The third-order valence-electron chi connectivity index (χ3n) is 5.20. The summed E-state index contributed by atoms with van der Waals surface area (Å²) in [5.41, 5.74) is 2.28. The minimum Gasteiger partial charge on any atom is -0.368 e. The van der Waals surface area contributed by atoms with Crippen molar-refractivity contribution in [1.29, 1.82) is 5.26 Å². The van der Waals surface area contributed by atoms with E-state index in [0.717, 1.165) is 5.69 Å². The molecule has 1 fully saturated rings. The van der Waals surface area contributed by atoms with Gasteiger partial charge in [-0.05, 0) is 50.2 Å². The molecule has 29 heavy (non-hydrogen) atoms. The minimum absolute atomic E-state index is 0.0444. The summed E-state index contributed by atoms with van der Waals surface area (Å²) in [4.78, 5) is 28.3. The molecule has 1 saturated heterocycles. The van der Waals surface area contributed by atoms with Gasteiger partial charge in [0.2, 0.25) is 5.91 Å². The first-order valence-electron chi connectivity index (χ1n) is 9.49. The molecule has 7 heteroatoms. The number of nitrogens with zero attached hydrogens (tertiary/aromatic N) is 3. The highest BCUT2D eigenvalue weighted by Crippen LogP contribution is 2.24. The van der Waals surface area contributed by atoms with Crippen LogP contribution in [0.4, 0.5) is 15.8 Å². The Morgan fingerprint density at radius 3 is 2.48 bits per heavy atom. The average Bonchev–Trinajstić information content (AvgIpc) is 2.72. The summed E-state index contributed by atoms with van der Waals surface area (Å²) in [5, 5.41) is 12.1. The summed E-state index contributed by atoms with van der Waals surface area (Å²) in [6.45, 7) is 5.85. The van der Waals surface area contributed by atoms with Gasteiger partial charge in [-0.15, -0.1) is 0 Å². The van der Waals surface area contributed by atoms with Crippen LogP contribution >= 0.6 is 0 Å². The van der Waals surface area contributed by atoms with Crippen LogP contribution in [0.25, 0.3) is 0 Å². The normalized spacial score (nSPS) is 15.4. The number of hydrogen-bond acceptors (Lipinski definition) is 5. The van der Waals surface area contributed by atoms with Gasteiger partial charge in [0.05, 0.1) is 17.3 Å². The third kappa shape index (κ3) is 4.79. The highest BCUT2D eigenvalue weighted by molar-refractivity contribution is 5.95. The quantitative estimate of drug-likeness (QED) is 0.789. The molecule has 1 N–H and O–H groups in total. The van der Waals surface area contributed by atoms with Crippen LogP contribution in [0.1, 0.15) is 29.8 Å². The fraction of sp³-hybridized carbons (Fsp3) is 0.318. The molecule has 0 spiro atoms. The van der Waals surface area contributed by atoms with Crippen molar-refractivity contribution < 1.29 is 14.0 Å². The second-order valence-electron chi connectivity index (χ2n) is 7.10. The number of carbonyl (C=O) groups excluding carboxylic acids is 2. The molecular formula is C22H23FN4O2. The summed E-state index contributed by atoms with van der Waals surface area (Å²) in [6.07, 6.45) is 0. The summed E-state index contributed by atoms with van der Waals surface area (Å²) in [6, 6.07) is 12.7. The Bertz CT molecular complexity index is 962. The van der Waals surface area contributed by atoms with E-state index in [9.17, 15) is 19.2 Å². The first-order chi connectivity index (χ1) is 13.9. The van der Waals surface area contributed by atoms with Crippen molar-refractivity contribution in [3.05, 3.63) is 59.4 Å². The number of ketones is 1. The molecule has 150 valence electrons. The number of anilines is 2. The van der Waals surface area contributed by atoms with E-state index in [-0.39, 0.29) is 17.7 Å². The van der Waals surface area contributed by atoms with Crippen LogP contribution in [0.3, 0.4) is 0 Å². The second kappa shape index (κ2) is 8.84. The SMILES string of the molecule is CC(=O)c1ccc(C#N)c(N2CCN(C(C)C(=O)Nc3cccc(F)c3)CC2)c1. The van der Waals surface area contributed by atoms with E-state index in [1.165, 1.54) is 19.1 Å². The van der Waals surface area contributed by atoms with Crippen LogP contribution < -0.4 is 10.2 Å². The number of hydrogen-bond donors (Lipinski definition) is 1. The molecular weight excluding hydrogens is 371 g/mol. The number of amides is 1. The molecule has 0 saturated carbocycles. The van der Waals surface area contributed by atoms with Crippen LogP contribution in [0.5, 0.6) is 0 Å². The van der Waals surface area contributed by atoms with Crippen LogP contribution in [-0.4, -0.2) is 48.8 Å². The summed E-state index contributed by atoms with van der Waals surface area (Å²) >= 11 is 0. The van der Waals surface area contributed by atoms with Crippen LogP contribution in [0.2, 0.25) is 0 Å². The van der Waals surface area contributed by atoms with Gasteiger partial charge in [-0.25, -0.2) is 4.39 Å². The zero-order chi connectivity index (χ0) is 21.0. The molecule has 0 aromatic heterocycles. The molecule has 2 aromatic rings. The van der Waals surface area contributed by atoms with Gasteiger partial charge < -0.3 is 10.2 Å². The van der Waals surface area contributed by atoms with Crippen molar-refractivity contribution in [2.75, 3.05) is 36.4 Å². The highest BCUT2D eigenvalue weighted by atomic mass is 19.1. The number of benzene rings is 2. The maximum Gasteiger partial charge on any atom is 0.241 e. The van der Waals surface area contributed by atoms with Crippen LogP contribution in [0.15, 0.2) is 42.5 Å². The maximum atomic E-state index is 13.3. The first-order valence-corrected chi connectivity index (χ1v) is 9.49. The van der Waals surface area contributed by atoms with E-state index < -0.39 is 5.82 Å². The molecule has 1 amide bonds. The summed E-state index contributed by atoms with van der Waals surface area (Å²) in [5.74, 6) is -0.637. The van der Waals surface area contributed by atoms with Crippen LogP contribution in [-0.2, 0) is 4.79 Å². The molecule has 0 radical (unpaired) electrons. The van der Waals surface area contributed by atoms with E-state index in [0.29, 0.717) is 43.0 Å². The molecule has 0 bridgehead atoms. The van der Waals surface area contributed by atoms with Gasteiger partial charge >= 0.3 is 0 Å². The second-order valence-corrected chi connectivity index (χ2v) is 7.10. The molecule has 2 aromatic carbocycles. The topological polar surface area (TPSA) is 76.4 Å². The minimum atomic E-state index is -0.398. The molecule has 1 atom stereocenters. The number of nitrogens with one attached hydrogen (secondary N) is 1. The molecule has 6 nitrogen and oxygen atoms in total. The van der Waals surface area contributed by atoms with Crippen LogP contribution in [0, 0.1) is 17.1 Å². The van der Waals surface area contributed by atoms with E-state index in [2.05, 4.69) is 16.3 Å².